The number of pyridine rings is 1. The van der Waals surface area contributed by atoms with Crippen molar-refractivity contribution in [2.24, 2.45) is 0 Å². The molecule has 1 fully saturated rings. The van der Waals surface area contributed by atoms with Gasteiger partial charge in [-0.05, 0) is 49.3 Å². The molecule has 2 aromatic heterocycles. The van der Waals surface area contributed by atoms with Crippen molar-refractivity contribution in [1.82, 2.24) is 25.6 Å². The molecule has 4 heterocycles. The minimum Gasteiger partial charge on any atom is -0.480 e. The van der Waals surface area contributed by atoms with Gasteiger partial charge in [0.2, 0.25) is 0 Å². The van der Waals surface area contributed by atoms with Crippen LogP contribution in [-0.4, -0.2) is 64.3 Å². The number of aryl methyl sites for hydroxylation is 1. The van der Waals surface area contributed by atoms with Crippen molar-refractivity contribution in [3.63, 3.8) is 0 Å². The molecule has 0 saturated carbocycles. The van der Waals surface area contributed by atoms with Crippen molar-refractivity contribution in [3.8, 4) is 0 Å². The van der Waals surface area contributed by atoms with Gasteiger partial charge in [-0.3, -0.25) is 0 Å². The molecule has 0 bridgehead atoms. The van der Waals surface area contributed by atoms with Gasteiger partial charge in [-0.1, -0.05) is 43.3 Å². The highest BCUT2D eigenvalue weighted by molar-refractivity contribution is 5.83. The third-order valence-corrected chi connectivity index (χ3v) is 7.78. The van der Waals surface area contributed by atoms with Gasteiger partial charge < -0.3 is 31.3 Å². The molecule has 1 saturated heterocycles. The SMILES string of the molecule is CCc1c(NC[C@H](NC(=O)NCc2ccccc2)C(=O)O)ncnc1N1CCC(c2ccc3c(n2)NCCC3)CC1. The van der Waals surface area contributed by atoms with Crippen molar-refractivity contribution in [3.05, 3.63) is 71.2 Å². The number of piperidine rings is 1. The molecule has 2 aliphatic heterocycles. The van der Waals surface area contributed by atoms with Gasteiger partial charge in [-0.15, -0.1) is 0 Å². The van der Waals surface area contributed by atoms with Crippen LogP contribution in [0.2, 0.25) is 0 Å². The Kier molecular flexibility index (Phi) is 9.12. The highest BCUT2D eigenvalue weighted by atomic mass is 16.4. The van der Waals surface area contributed by atoms with E-state index in [4.69, 9.17) is 4.98 Å². The summed E-state index contributed by atoms with van der Waals surface area (Å²) >= 11 is 0. The zero-order valence-electron chi connectivity index (χ0n) is 23.4. The standard InChI is InChI=1S/C30H38N8O3/c1-2-23-27(32-18-25(29(39)40)37-30(41)33-17-20-7-4-3-5-8-20)34-19-35-28(23)38-15-12-21(13-16-38)24-11-10-22-9-6-14-31-26(22)36-24/h3-5,7-8,10-11,19,21,25H,2,6,9,12-18H2,1H3,(H,31,36)(H,39,40)(H,32,34,35)(H2,33,37,41)/t25-/m0/s1. The summed E-state index contributed by atoms with van der Waals surface area (Å²) in [4.78, 5) is 40.5. The number of aliphatic carboxylic acids is 1. The van der Waals surface area contributed by atoms with Crippen LogP contribution in [0.1, 0.15) is 54.5 Å². The maximum atomic E-state index is 12.4. The minimum absolute atomic E-state index is 0.0162. The second-order valence-corrected chi connectivity index (χ2v) is 10.5. The lowest BCUT2D eigenvalue weighted by atomic mass is 9.92. The van der Waals surface area contributed by atoms with Gasteiger partial charge in [-0.25, -0.2) is 24.5 Å². The number of benzene rings is 1. The fourth-order valence-corrected chi connectivity index (χ4v) is 5.50. The lowest BCUT2D eigenvalue weighted by molar-refractivity contribution is -0.138. The molecule has 11 heteroatoms. The van der Waals surface area contributed by atoms with Crippen LogP contribution < -0.4 is 26.2 Å². The summed E-state index contributed by atoms with van der Waals surface area (Å²) in [6.45, 7) is 5.00. The largest absolute Gasteiger partial charge is 0.480 e. The molecule has 0 aliphatic carbocycles. The fourth-order valence-electron chi connectivity index (χ4n) is 5.50. The van der Waals surface area contributed by atoms with Gasteiger partial charge in [0.1, 0.15) is 29.8 Å². The summed E-state index contributed by atoms with van der Waals surface area (Å²) < 4.78 is 0. The molecule has 0 radical (unpaired) electrons. The summed E-state index contributed by atoms with van der Waals surface area (Å²) in [5.41, 5.74) is 4.31. The topological polar surface area (TPSA) is 144 Å². The Labute approximate surface area is 240 Å². The Morgan fingerprint density at radius 1 is 1.12 bits per heavy atom. The van der Waals surface area contributed by atoms with E-state index in [-0.39, 0.29) is 6.54 Å². The predicted molar refractivity (Wildman–Crippen MR) is 158 cm³/mol. The van der Waals surface area contributed by atoms with Crippen molar-refractivity contribution >= 4 is 29.5 Å². The minimum atomic E-state index is -1.14. The summed E-state index contributed by atoms with van der Waals surface area (Å²) in [5.74, 6) is 1.76. The third kappa shape index (κ3) is 7.03. The molecule has 2 amide bonds. The summed E-state index contributed by atoms with van der Waals surface area (Å²) in [5, 5.41) is 21.6. The number of fused-ring (bicyclic) bond motifs is 1. The molecule has 1 atom stereocenters. The fraction of sp³-hybridized carbons (Fsp3) is 0.433. The maximum absolute atomic E-state index is 12.4. The molecule has 5 rings (SSSR count). The van der Waals surface area contributed by atoms with Gasteiger partial charge >= 0.3 is 12.0 Å². The monoisotopic (exact) mass is 558 g/mol. The lowest BCUT2D eigenvalue weighted by Crippen LogP contribution is -2.49. The number of carbonyl (C=O) groups excluding carboxylic acids is 1. The van der Waals surface area contributed by atoms with E-state index in [2.05, 4.69) is 48.3 Å². The number of amides is 2. The quantitative estimate of drug-likeness (QED) is 0.252. The van der Waals surface area contributed by atoms with Crippen LogP contribution >= 0.6 is 0 Å². The van der Waals surface area contributed by atoms with E-state index in [1.165, 1.54) is 11.9 Å². The molecule has 216 valence electrons. The number of carboxylic acid groups (broad SMARTS) is 1. The second kappa shape index (κ2) is 13.3. The van der Waals surface area contributed by atoms with E-state index in [1.807, 2.05) is 37.3 Å². The Hall–Kier alpha value is -4.41. The highest BCUT2D eigenvalue weighted by Gasteiger charge is 2.26. The summed E-state index contributed by atoms with van der Waals surface area (Å²) in [7, 11) is 0. The zero-order valence-corrected chi connectivity index (χ0v) is 23.4. The van der Waals surface area contributed by atoms with Crippen LogP contribution in [0, 0.1) is 0 Å². The van der Waals surface area contributed by atoms with Crippen LogP contribution in [0.4, 0.5) is 22.2 Å². The van der Waals surface area contributed by atoms with Gasteiger partial charge in [0.15, 0.2) is 0 Å². The average Bonchev–Trinajstić information content (AvgIpc) is 3.02. The zero-order chi connectivity index (χ0) is 28.6. The van der Waals surface area contributed by atoms with Crippen LogP contribution in [0.25, 0.3) is 0 Å². The van der Waals surface area contributed by atoms with Crippen LogP contribution in [0.15, 0.2) is 48.8 Å². The summed E-state index contributed by atoms with van der Waals surface area (Å²) in [6, 6.07) is 12.2. The molecule has 2 aliphatic rings. The molecule has 5 N–H and O–H groups in total. The van der Waals surface area contributed by atoms with Crippen molar-refractivity contribution in [1.29, 1.82) is 0 Å². The number of urea groups is 1. The summed E-state index contributed by atoms with van der Waals surface area (Å²) in [6.07, 6.45) is 6.38. The second-order valence-electron chi connectivity index (χ2n) is 10.5. The first kappa shape index (κ1) is 28.1. The number of nitrogens with zero attached hydrogens (tertiary/aromatic N) is 4. The molecule has 1 aromatic carbocycles. The van der Waals surface area contributed by atoms with Crippen molar-refractivity contribution in [2.45, 2.75) is 57.5 Å². The van der Waals surface area contributed by atoms with Gasteiger partial charge in [0.25, 0.3) is 0 Å². The molecule has 0 spiro atoms. The number of nitrogens with one attached hydrogen (secondary N) is 4. The van der Waals surface area contributed by atoms with Crippen molar-refractivity contribution < 1.29 is 14.7 Å². The number of rotatable bonds is 10. The molecule has 0 unspecified atom stereocenters. The number of carbonyl (C=O) groups is 2. The Balaban J connectivity index is 1.18. The smallest absolute Gasteiger partial charge is 0.328 e. The van der Waals surface area contributed by atoms with Gasteiger partial charge in [0.05, 0.1) is 0 Å². The van der Waals surface area contributed by atoms with E-state index in [1.54, 1.807) is 0 Å². The van der Waals surface area contributed by atoms with E-state index in [0.29, 0.717) is 24.7 Å². The first-order chi connectivity index (χ1) is 20.0. The van der Waals surface area contributed by atoms with Gasteiger partial charge in [-0.2, -0.15) is 0 Å². The van der Waals surface area contributed by atoms with Crippen molar-refractivity contribution in [2.75, 3.05) is 41.7 Å². The first-order valence-corrected chi connectivity index (χ1v) is 14.4. The molecule has 3 aromatic rings. The Bertz CT molecular complexity index is 1340. The van der Waals surface area contributed by atoms with E-state index in [0.717, 1.165) is 73.8 Å². The average molecular weight is 559 g/mol. The molecule has 11 nitrogen and oxygen atoms in total. The van der Waals surface area contributed by atoms with Crippen LogP contribution in [-0.2, 0) is 24.2 Å². The third-order valence-electron chi connectivity index (χ3n) is 7.78. The Morgan fingerprint density at radius 3 is 2.68 bits per heavy atom. The highest BCUT2D eigenvalue weighted by Crippen LogP contribution is 2.33. The number of carboxylic acids is 1. The predicted octanol–water partition coefficient (Wildman–Crippen LogP) is 3.54. The number of aromatic nitrogens is 3. The number of hydrogen-bond acceptors (Lipinski definition) is 8. The molecule has 41 heavy (non-hydrogen) atoms. The number of anilines is 3. The van der Waals surface area contributed by atoms with Crippen LogP contribution in [0.3, 0.4) is 0 Å². The Morgan fingerprint density at radius 2 is 1.93 bits per heavy atom. The van der Waals surface area contributed by atoms with Crippen LogP contribution in [0.5, 0.6) is 0 Å². The lowest BCUT2D eigenvalue weighted by Gasteiger charge is -2.34. The van der Waals surface area contributed by atoms with Gasteiger partial charge in [0, 0.05) is 49.9 Å². The maximum Gasteiger partial charge on any atom is 0.328 e. The molecular weight excluding hydrogens is 520 g/mol. The number of hydrogen-bond donors (Lipinski definition) is 5. The molecular formula is C30H38N8O3. The van der Waals surface area contributed by atoms with E-state index in [9.17, 15) is 14.7 Å². The van der Waals surface area contributed by atoms with E-state index < -0.39 is 18.0 Å². The van der Waals surface area contributed by atoms with E-state index >= 15 is 0 Å². The first-order valence-electron chi connectivity index (χ1n) is 14.4. The normalized spacial score (nSPS) is 15.8.